The van der Waals surface area contributed by atoms with Crippen molar-refractivity contribution in [1.29, 1.82) is 0 Å². The largest absolute Gasteiger partial charge is 0.325 e. The number of piperidine rings is 1. The van der Waals surface area contributed by atoms with E-state index >= 15 is 0 Å². The Morgan fingerprint density at radius 1 is 1.28 bits per heavy atom. The topological polar surface area (TPSA) is 71.8 Å². The third-order valence-electron chi connectivity index (χ3n) is 5.30. The van der Waals surface area contributed by atoms with Crippen molar-refractivity contribution in [2.75, 3.05) is 5.32 Å². The van der Waals surface area contributed by atoms with E-state index in [0.717, 1.165) is 35.7 Å². The first-order chi connectivity index (χ1) is 12.1. The molecule has 2 aromatic heterocycles. The molecule has 2 unspecified atom stereocenters. The van der Waals surface area contributed by atoms with Crippen LogP contribution < -0.4 is 10.6 Å². The zero-order valence-corrected chi connectivity index (χ0v) is 14.8. The summed E-state index contributed by atoms with van der Waals surface area (Å²) in [4.78, 5) is 16.8. The van der Waals surface area contributed by atoms with E-state index in [4.69, 9.17) is 0 Å². The van der Waals surface area contributed by atoms with Crippen molar-refractivity contribution in [1.82, 2.24) is 20.1 Å². The van der Waals surface area contributed by atoms with Gasteiger partial charge in [-0.15, -0.1) is 0 Å². The third-order valence-corrected chi connectivity index (χ3v) is 5.30. The maximum Gasteiger partial charge on any atom is 0.224 e. The summed E-state index contributed by atoms with van der Waals surface area (Å²) in [7, 11) is 0. The molecule has 1 amide bonds. The third kappa shape index (κ3) is 3.58. The van der Waals surface area contributed by atoms with E-state index in [-0.39, 0.29) is 5.91 Å². The van der Waals surface area contributed by atoms with Crippen LogP contribution in [0.25, 0.3) is 5.82 Å². The lowest BCUT2D eigenvalue weighted by Crippen LogP contribution is -2.39. The van der Waals surface area contributed by atoms with Gasteiger partial charge < -0.3 is 10.6 Å². The molecule has 0 saturated carbocycles. The van der Waals surface area contributed by atoms with Crippen LogP contribution in [-0.2, 0) is 4.79 Å². The SMILES string of the molecule is Cc1cc(C)n(-c2ccc(NC(=O)CC3CC4CCC(C3)N4)cn2)n1. The maximum absolute atomic E-state index is 12.3. The normalized spacial score (nSPS) is 25.1. The number of amides is 1. The Kier molecular flexibility index (Phi) is 4.29. The van der Waals surface area contributed by atoms with Crippen LogP contribution in [0.15, 0.2) is 24.4 Å². The van der Waals surface area contributed by atoms with Crippen molar-refractivity contribution < 1.29 is 4.79 Å². The molecule has 2 fully saturated rings. The lowest BCUT2D eigenvalue weighted by molar-refractivity contribution is -0.117. The van der Waals surface area contributed by atoms with Crippen LogP contribution in [0.3, 0.4) is 0 Å². The molecular weight excluding hydrogens is 314 g/mol. The van der Waals surface area contributed by atoms with Crippen LogP contribution in [0, 0.1) is 19.8 Å². The summed E-state index contributed by atoms with van der Waals surface area (Å²) in [6, 6.07) is 7.04. The summed E-state index contributed by atoms with van der Waals surface area (Å²) in [6.07, 6.45) is 7.09. The minimum Gasteiger partial charge on any atom is -0.325 e. The fourth-order valence-electron chi connectivity index (χ4n) is 4.26. The Bertz CT molecular complexity index is 755. The molecule has 2 bridgehead atoms. The number of hydrogen-bond acceptors (Lipinski definition) is 4. The number of nitrogens with zero attached hydrogens (tertiary/aromatic N) is 3. The van der Waals surface area contributed by atoms with Crippen molar-refractivity contribution in [3.05, 3.63) is 35.8 Å². The summed E-state index contributed by atoms with van der Waals surface area (Å²) in [5, 5.41) is 11.0. The van der Waals surface area contributed by atoms with Crippen molar-refractivity contribution in [3.63, 3.8) is 0 Å². The lowest BCUT2D eigenvalue weighted by Gasteiger charge is -2.28. The number of pyridine rings is 1. The maximum atomic E-state index is 12.3. The van der Waals surface area contributed by atoms with Gasteiger partial charge in [-0.3, -0.25) is 4.79 Å². The minimum atomic E-state index is 0.0898. The molecular formula is C19H25N5O. The molecule has 2 aromatic rings. The minimum absolute atomic E-state index is 0.0898. The summed E-state index contributed by atoms with van der Waals surface area (Å²) in [5.41, 5.74) is 2.75. The Balaban J connectivity index is 1.36. The molecule has 4 heterocycles. The quantitative estimate of drug-likeness (QED) is 0.898. The Morgan fingerprint density at radius 2 is 2.04 bits per heavy atom. The highest BCUT2D eigenvalue weighted by Crippen LogP contribution is 2.32. The Labute approximate surface area is 148 Å². The van der Waals surface area contributed by atoms with Gasteiger partial charge in [0.15, 0.2) is 5.82 Å². The predicted octanol–water partition coefficient (Wildman–Crippen LogP) is 2.74. The van der Waals surface area contributed by atoms with Crippen LogP contribution in [0.5, 0.6) is 0 Å². The summed E-state index contributed by atoms with van der Waals surface area (Å²) in [5.74, 6) is 1.35. The number of carbonyl (C=O) groups excluding carboxylic acids is 1. The van der Waals surface area contributed by atoms with Gasteiger partial charge in [-0.1, -0.05) is 0 Å². The van der Waals surface area contributed by atoms with Gasteiger partial charge in [-0.05, 0) is 63.6 Å². The average molecular weight is 339 g/mol. The van der Waals surface area contributed by atoms with E-state index in [9.17, 15) is 4.79 Å². The number of aryl methyl sites for hydroxylation is 2. The van der Waals surface area contributed by atoms with E-state index in [1.54, 1.807) is 6.20 Å². The number of nitrogens with one attached hydrogen (secondary N) is 2. The average Bonchev–Trinajstić information content (AvgIpc) is 3.09. The van der Waals surface area contributed by atoms with Gasteiger partial charge in [0, 0.05) is 24.2 Å². The molecule has 132 valence electrons. The number of anilines is 1. The van der Waals surface area contributed by atoms with Crippen LogP contribution >= 0.6 is 0 Å². The van der Waals surface area contributed by atoms with Crippen LogP contribution in [0.1, 0.15) is 43.5 Å². The van der Waals surface area contributed by atoms with Gasteiger partial charge in [-0.2, -0.15) is 5.10 Å². The molecule has 0 aliphatic carbocycles. The van der Waals surface area contributed by atoms with E-state index < -0.39 is 0 Å². The molecule has 6 heteroatoms. The highest BCUT2D eigenvalue weighted by Gasteiger charge is 2.34. The summed E-state index contributed by atoms with van der Waals surface area (Å²) < 4.78 is 1.81. The monoisotopic (exact) mass is 339 g/mol. The van der Waals surface area contributed by atoms with Crippen LogP contribution in [0.4, 0.5) is 5.69 Å². The van der Waals surface area contributed by atoms with Crippen molar-refractivity contribution >= 4 is 11.6 Å². The van der Waals surface area contributed by atoms with E-state index in [1.807, 2.05) is 36.7 Å². The lowest BCUT2D eigenvalue weighted by atomic mass is 9.89. The number of aromatic nitrogens is 3. The Hall–Kier alpha value is -2.21. The standard InChI is InChI=1S/C19H25N5O/c1-12-7-13(2)24(23-12)18-6-5-17(11-20-18)22-19(25)10-14-8-15-3-4-16(9-14)21-15/h5-7,11,14-16,21H,3-4,8-10H2,1-2H3,(H,22,25). The molecule has 2 N–H and O–H groups in total. The number of carbonyl (C=O) groups is 1. The second kappa shape index (κ2) is 6.59. The van der Waals surface area contributed by atoms with Gasteiger partial charge in [0.1, 0.15) is 0 Å². The van der Waals surface area contributed by atoms with E-state index in [2.05, 4.69) is 20.7 Å². The molecule has 2 saturated heterocycles. The molecule has 0 aromatic carbocycles. The fourth-order valence-corrected chi connectivity index (χ4v) is 4.26. The van der Waals surface area contributed by atoms with Crippen LogP contribution in [0.2, 0.25) is 0 Å². The van der Waals surface area contributed by atoms with Gasteiger partial charge in [0.05, 0.1) is 17.6 Å². The first-order valence-electron chi connectivity index (χ1n) is 9.12. The molecule has 2 aliphatic rings. The summed E-state index contributed by atoms with van der Waals surface area (Å²) in [6.45, 7) is 3.97. The molecule has 0 radical (unpaired) electrons. The van der Waals surface area contributed by atoms with E-state index in [0.29, 0.717) is 24.4 Å². The Morgan fingerprint density at radius 3 is 2.64 bits per heavy atom. The second-order valence-electron chi connectivity index (χ2n) is 7.47. The first-order valence-corrected chi connectivity index (χ1v) is 9.12. The molecule has 6 nitrogen and oxygen atoms in total. The molecule has 2 aliphatic heterocycles. The van der Waals surface area contributed by atoms with E-state index in [1.165, 1.54) is 12.8 Å². The molecule has 25 heavy (non-hydrogen) atoms. The van der Waals surface area contributed by atoms with Gasteiger partial charge in [0.2, 0.25) is 5.91 Å². The zero-order valence-electron chi connectivity index (χ0n) is 14.8. The number of hydrogen-bond donors (Lipinski definition) is 2. The molecule has 0 spiro atoms. The second-order valence-corrected chi connectivity index (χ2v) is 7.47. The van der Waals surface area contributed by atoms with Gasteiger partial charge in [0.25, 0.3) is 0 Å². The summed E-state index contributed by atoms with van der Waals surface area (Å²) >= 11 is 0. The van der Waals surface area contributed by atoms with Crippen LogP contribution in [-0.4, -0.2) is 32.8 Å². The number of rotatable bonds is 4. The number of fused-ring (bicyclic) bond motifs is 2. The highest BCUT2D eigenvalue weighted by atomic mass is 16.1. The molecule has 4 rings (SSSR count). The smallest absolute Gasteiger partial charge is 0.224 e. The van der Waals surface area contributed by atoms with Crippen molar-refractivity contribution in [2.24, 2.45) is 5.92 Å². The predicted molar refractivity (Wildman–Crippen MR) is 96.7 cm³/mol. The highest BCUT2D eigenvalue weighted by molar-refractivity contribution is 5.90. The van der Waals surface area contributed by atoms with Gasteiger partial charge in [-0.25, -0.2) is 9.67 Å². The fraction of sp³-hybridized carbons (Fsp3) is 0.526. The first kappa shape index (κ1) is 16.3. The zero-order chi connectivity index (χ0) is 17.4. The van der Waals surface area contributed by atoms with Crippen molar-refractivity contribution in [2.45, 2.75) is 58.0 Å². The van der Waals surface area contributed by atoms with Crippen molar-refractivity contribution in [3.8, 4) is 5.82 Å². The van der Waals surface area contributed by atoms with Gasteiger partial charge >= 0.3 is 0 Å². The molecule has 2 atom stereocenters.